The fourth-order valence-electron chi connectivity index (χ4n) is 3.22. The zero-order valence-electron chi connectivity index (χ0n) is 17.3. The highest BCUT2D eigenvalue weighted by atomic mass is 16.5. The van der Waals surface area contributed by atoms with E-state index >= 15 is 0 Å². The predicted octanol–water partition coefficient (Wildman–Crippen LogP) is 1.73. The van der Waals surface area contributed by atoms with Gasteiger partial charge in [0.2, 0.25) is 11.8 Å². The van der Waals surface area contributed by atoms with E-state index in [0.717, 1.165) is 18.7 Å². The number of amides is 2. The number of carbonyl (C=O) groups excluding carboxylic acids is 2. The number of nitrogens with zero attached hydrogens (tertiary/aromatic N) is 3. The highest BCUT2D eigenvalue weighted by Gasteiger charge is 2.22. The van der Waals surface area contributed by atoms with E-state index in [1.165, 1.54) is 0 Å². The van der Waals surface area contributed by atoms with E-state index in [4.69, 9.17) is 9.47 Å². The number of methoxy groups -OCH3 is 2. The first-order valence-electron chi connectivity index (χ1n) is 9.71. The molecule has 0 bridgehead atoms. The van der Waals surface area contributed by atoms with Crippen LogP contribution in [0.4, 0.5) is 0 Å². The SMILES string of the molecule is CCN(CC)C(=O)CN1CCN(C(=O)/C=C/c2ccc(OC)c(OC)c2)CC1. The molecule has 1 fully saturated rings. The third-order valence-corrected chi connectivity index (χ3v) is 4.98. The fraction of sp³-hybridized carbons (Fsp3) is 0.524. The minimum Gasteiger partial charge on any atom is -0.493 e. The van der Waals surface area contributed by atoms with Gasteiger partial charge in [-0.2, -0.15) is 0 Å². The maximum atomic E-state index is 12.5. The topological polar surface area (TPSA) is 62.3 Å². The molecule has 1 aromatic rings. The summed E-state index contributed by atoms with van der Waals surface area (Å²) < 4.78 is 10.5. The van der Waals surface area contributed by atoms with Gasteiger partial charge in [-0.1, -0.05) is 6.07 Å². The van der Waals surface area contributed by atoms with Crippen molar-refractivity contribution in [3.05, 3.63) is 29.8 Å². The van der Waals surface area contributed by atoms with Crippen molar-refractivity contribution in [3.8, 4) is 11.5 Å². The lowest BCUT2D eigenvalue weighted by Gasteiger charge is -2.34. The van der Waals surface area contributed by atoms with Crippen LogP contribution in [0.5, 0.6) is 11.5 Å². The molecule has 28 heavy (non-hydrogen) atoms. The third kappa shape index (κ3) is 5.73. The maximum absolute atomic E-state index is 12.5. The van der Waals surface area contributed by atoms with Crippen molar-refractivity contribution in [2.75, 3.05) is 60.0 Å². The van der Waals surface area contributed by atoms with E-state index in [2.05, 4.69) is 4.90 Å². The number of carbonyl (C=O) groups is 2. The van der Waals surface area contributed by atoms with Gasteiger partial charge in [-0.3, -0.25) is 14.5 Å². The number of piperazine rings is 1. The summed E-state index contributed by atoms with van der Waals surface area (Å²) in [4.78, 5) is 30.5. The Morgan fingerprint density at radius 3 is 2.25 bits per heavy atom. The Balaban J connectivity index is 1.86. The second-order valence-electron chi connectivity index (χ2n) is 6.62. The molecule has 0 spiro atoms. The zero-order chi connectivity index (χ0) is 20.5. The number of likely N-dealkylation sites (N-methyl/N-ethyl adjacent to an activating group) is 1. The van der Waals surface area contributed by atoms with Crippen LogP contribution >= 0.6 is 0 Å². The zero-order valence-corrected chi connectivity index (χ0v) is 17.3. The predicted molar refractivity (Wildman–Crippen MR) is 110 cm³/mol. The van der Waals surface area contributed by atoms with Crippen LogP contribution in [0.3, 0.4) is 0 Å². The van der Waals surface area contributed by atoms with Gasteiger partial charge >= 0.3 is 0 Å². The lowest BCUT2D eigenvalue weighted by atomic mass is 10.2. The normalized spacial score (nSPS) is 14.9. The summed E-state index contributed by atoms with van der Waals surface area (Å²) in [7, 11) is 3.17. The Kier molecular flexibility index (Phi) is 8.32. The Labute approximate surface area is 167 Å². The molecule has 2 amide bonds. The molecule has 1 aliphatic heterocycles. The number of hydrogen-bond acceptors (Lipinski definition) is 5. The summed E-state index contributed by atoms with van der Waals surface area (Å²) in [6.07, 6.45) is 3.36. The summed E-state index contributed by atoms with van der Waals surface area (Å²) in [5.74, 6) is 1.41. The standard InChI is InChI=1S/C21H31N3O4/c1-5-23(6-2)21(26)16-22-11-13-24(14-12-22)20(25)10-8-17-7-9-18(27-3)19(15-17)28-4/h7-10,15H,5-6,11-14,16H2,1-4H3/b10-8+. The number of benzene rings is 1. The average Bonchev–Trinajstić information content (AvgIpc) is 2.73. The fourth-order valence-corrected chi connectivity index (χ4v) is 3.22. The van der Waals surface area contributed by atoms with Crippen molar-refractivity contribution in [1.29, 1.82) is 0 Å². The largest absolute Gasteiger partial charge is 0.493 e. The van der Waals surface area contributed by atoms with E-state index in [-0.39, 0.29) is 11.8 Å². The van der Waals surface area contributed by atoms with Crippen molar-refractivity contribution in [2.24, 2.45) is 0 Å². The Bertz CT molecular complexity index is 693. The van der Waals surface area contributed by atoms with Crippen LogP contribution in [-0.4, -0.2) is 86.5 Å². The molecule has 0 N–H and O–H groups in total. The van der Waals surface area contributed by atoms with E-state index in [9.17, 15) is 9.59 Å². The molecule has 7 heteroatoms. The van der Waals surface area contributed by atoms with Crippen LogP contribution in [0.2, 0.25) is 0 Å². The first-order chi connectivity index (χ1) is 13.5. The molecule has 7 nitrogen and oxygen atoms in total. The summed E-state index contributed by atoms with van der Waals surface area (Å²) in [6.45, 7) is 8.54. The number of hydrogen-bond donors (Lipinski definition) is 0. The van der Waals surface area contributed by atoms with Gasteiger partial charge in [0.1, 0.15) is 0 Å². The number of ether oxygens (including phenoxy) is 2. The van der Waals surface area contributed by atoms with E-state index in [1.54, 1.807) is 26.4 Å². The molecule has 0 unspecified atom stereocenters. The molecule has 2 rings (SSSR count). The minimum atomic E-state index is -0.0236. The molecular weight excluding hydrogens is 358 g/mol. The first-order valence-corrected chi connectivity index (χ1v) is 9.71. The van der Waals surface area contributed by atoms with Crippen molar-refractivity contribution < 1.29 is 19.1 Å². The minimum absolute atomic E-state index is 0.0236. The lowest BCUT2D eigenvalue weighted by molar-refractivity contribution is -0.133. The second-order valence-corrected chi connectivity index (χ2v) is 6.62. The van der Waals surface area contributed by atoms with Gasteiger partial charge in [-0.05, 0) is 37.6 Å². The van der Waals surface area contributed by atoms with Gasteiger partial charge in [0.05, 0.1) is 20.8 Å². The van der Waals surface area contributed by atoms with E-state index in [1.807, 2.05) is 41.8 Å². The molecule has 1 aliphatic rings. The Hall–Kier alpha value is -2.54. The Morgan fingerprint density at radius 1 is 1.04 bits per heavy atom. The molecule has 0 aromatic heterocycles. The lowest BCUT2D eigenvalue weighted by Crippen LogP contribution is -2.51. The molecular formula is C21H31N3O4. The molecule has 0 radical (unpaired) electrons. The van der Waals surface area contributed by atoms with E-state index in [0.29, 0.717) is 44.2 Å². The quantitative estimate of drug-likeness (QED) is 0.634. The van der Waals surface area contributed by atoms with Crippen molar-refractivity contribution in [2.45, 2.75) is 13.8 Å². The van der Waals surface area contributed by atoms with Crippen LogP contribution in [0, 0.1) is 0 Å². The van der Waals surface area contributed by atoms with Gasteiger partial charge in [-0.15, -0.1) is 0 Å². The van der Waals surface area contributed by atoms with Crippen LogP contribution < -0.4 is 9.47 Å². The van der Waals surface area contributed by atoms with Crippen LogP contribution in [-0.2, 0) is 9.59 Å². The molecule has 1 aromatic carbocycles. The first kappa shape index (κ1) is 21.8. The maximum Gasteiger partial charge on any atom is 0.246 e. The molecule has 1 heterocycles. The van der Waals surface area contributed by atoms with Gasteiger partial charge in [0.25, 0.3) is 0 Å². The van der Waals surface area contributed by atoms with Crippen LogP contribution in [0.25, 0.3) is 6.08 Å². The highest BCUT2D eigenvalue weighted by Crippen LogP contribution is 2.28. The van der Waals surface area contributed by atoms with Crippen LogP contribution in [0.1, 0.15) is 19.4 Å². The molecule has 154 valence electrons. The van der Waals surface area contributed by atoms with Crippen molar-refractivity contribution in [3.63, 3.8) is 0 Å². The van der Waals surface area contributed by atoms with Gasteiger partial charge < -0.3 is 19.3 Å². The van der Waals surface area contributed by atoms with E-state index < -0.39 is 0 Å². The van der Waals surface area contributed by atoms with Gasteiger partial charge in [0.15, 0.2) is 11.5 Å². The monoisotopic (exact) mass is 389 g/mol. The second kappa shape index (κ2) is 10.7. The molecule has 0 atom stereocenters. The summed E-state index contributed by atoms with van der Waals surface area (Å²) >= 11 is 0. The van der Waals surface area contributed by atoms with Crippen LogP contribution in [0.15, 0.2) is 24.3 Å². The molecule has 0 aliphatic carbocycles. The van der Waals surface area contributed by atoms with Crippen molar-refractivity contribution >= 4 is 17.9 Å². The number of rotatable bonds is 8. The smallest absolute Gasteiger partial charge is 0.246 e. The average molecular weight is 389 g/mol. The van der Waals surface area contributed by atoms with Gasteiger partial charge in [-0.25, -0.2) is 0 Å². The molecule has 1 saturated heterocycles. The van der Waals surface area contributed by atoms with Crippen molar-refractivity contribution in [1.82, 2.24) is 14.7 Å². The highest BCUT2D eigenvalue weighted by molar-refractivity contribution is 5.92. The molecule has 0 saturated carbocycles. The summed E-state index contributed by atoms with van der Waals surface area (Å²) in [5, 5.41) is 0. The summed E-state index contributed by atoms with van der Waals surface area (Å²) in [5.41, 5.74) is 0.870. The summed E-state index contributed by atoms with van der Waals surface area (Å²) in [6, 6.07) is 5.52. The third-order valence-electron chi connectivity index (χ3n) is 4.98. The Morgan fingerprint density at radius 2 is 1.68 bits per heavy atom. The van der Waals surface area contributed by atoms with Gasteiger partial charge in [0, 0.05) is 45.3 Å².